The van der Waals surface area contributed by atoms with E-state index in [1.54, 1.807) is 36.3 Å². The van der Waals surface area contributed by atoms with Crippen LogP contribution in [-0.4, -0.2) is 47.2 Å². The molecule has 0 spiro atoms. The molecule has 2 unspecified atom stereocenters. The zero-order valence-electron chi connectivity index (χ0n) is 16.0. The molecule has 2 N–H and O–H groups in total. The first kappa shape index (κ1) is 20.3. The monoisotopic (exact) mass is 397 g/mol. The third-order valence-electron chi connectivity index (χ3n) is 4.80. The van der Waals surface area contributed by atoms with E-state index >= 15 is 0 Å². The van der Waals surface area contributed by atoms with Gasteiger partial charge in [-0.3, -0.25) is 9.59 Å². The summed E-state index contributed by atoms with van der Waals surface area (Å²) in [6.45, 7) is 0.0750. The number of hydrogen-bond donors (Lipinski definition) is 2. The molecule has 1 aliphatic heterocycles. The lowest BCUT2D eigenvalue weighted by Gasteiger charge is -2.28. The quantitative estimate of drug-likeness (QED) is 0.744. The van der Waals surface area contributed by atoms with E-state index in [4.69, 9.17) is 9.84 Å². The third-order valence-corrected chi connectivity index (χ3v) is 4.80. The molecular formula is C21H23N3O5. The number of aliphatic carboxylic acids is 1. The van der Waals surface area contributed by atoms with Crippen LogP contribution < -0.4 is 10.3 Å². The highest BCUT2D eigenvalue weighted by molar-refractivity contribution is 6.00. The molecule has 2 amide bonds. The van der Waals surface area contributed by atoms with E-state index in [1.165, 1.54) is 5.01 Å². The first-order chi connectivity index (χ1) is 14.0. The molecule has 8 nitrogen and oxygen atoms in total. The van der Waals surface area contributed by atoms with E-state index in [1.807, 2.05) is 36.4 Å². The summed E-state index contributed by atoms with van der Waals surface area (Å²) < 4.78 is 5.23. The van der Waals surface area contributed by atoms with Crippen LogP contribution in [-0.2, 0) is 20.9 Å². The number of ether oxygens (including phenoxy) is 1. The molecule has 0 radical (unpaired) electrons. The summed E-state index contributed by atoms with van der Waals surface area (Å²) in [5, 5.41) is 14.8. The number of carbonyl (C=O) groups is 3. The molecule has 2 aromatic carbocycles. The lowest BCUT2D eigenvalue weighted by atomic mass is 10.0. The minimum absolute atomic E-state index is 0.0750. The molecular weight excluding hydrogens is 374 g/mol. The van der Waals surface area contributed by atoms with Gasteiger partial charge in [0.15, 0.2) is 0 Å². The van der Waals surface area contributed by atoms with Crippen LogP contribution in [0.4, 0.5) is 10.5 Å². The Labute approximate surface area is 168 Å². The van der Waals surface area contributed by atoms with Crippen molar-refractivity contribution in [3.8, 4) is 0 Å². The zero-order valence-corrected chi connectivity index (χ0v) is 16.0. The predicted octanol–water partition coefficient (Wildman–Crippen LogP) is 2.41. The average Bonchev–Trinajstić information content (AvgIpc) is 2.95. The normalized spacial score (nSPS) is 19.2. The fraction of sp³-hybridized carbons (Fsp3) is 0.286. The van der Waals surface area contributed by atoms with Gasteiger partial charge in [-0.05, 0) is 24.1 Å². The van der Waals surface area contributed by atoms with E-state index in [0.717, 1.165) is 5.56 Å². The number of alkyl carbamates (subject to hydrolysis) is 1. The molecule has 1 heterocycles. The molecule has 0 aliphatic carbocycles. The summed E-state index contributed by atoms with van der Waals surface area (Å²) >= 11 is 0. The molecule has 2 atom stereocenters. The number of hydrogen-bond acceptors (Lipinski definition) is 5. The highest BCUT2D eigenvalue weighted by Gasteiger charge is 2.46. The number of carboxylic acids is 1. The van der Waals surface area contributed by atoms with Gasteiger partial charge in [0.05, 0.1) is 11.7 Å². The number of carbonyl (C=O) groups excluding carboxylic acids is 2. The van der Waals surface area contributed by atoms with Crippen LogP contribution in [0.2, 0.25) is 0 Å². The second kappa shape index (κ2) is 9.20. The molecule has 1 saturated heterocycles. The van der Waals surface area contributed by atoms with Crippen LogP contribution in [0.15, 0.2) is 60.7 Å². The molecule has 1 fully saturated rings. The first-order valence-electron chi connectivity index (χ1n) is 9.28. The van der Waals surface area contributed by atoms with Crippen molar-refractivity contribution in [3.05, 3.63) is 66.2 Å². The molecule has 29 heavy (non-hydrogen) atoms. The van der Waals surface area contributed by atoms with Crippen molar-refractivity contribution in [2.75, 3.05) is 12.1 Å². The Morgan fingerprint density at radius 1 is 1.07 bits per heavy atom. The largest absolute Gasteiger partial charge is 0.481 e. The van der Waals surface area contributed by atoms with Crippen LogP contribution in [0, 0.1) is 0 Å². The van der Waals surface area contributed by atoms with E-state index < -0.39 is 24.1 Å². The number of nitrogens with zero attached hydrogens (tertiary/aromatic N) is 2. The first-order valence-corrected chi connectivity index (χ1v) is 9.28. The Balaban J connectivity index is 1.73. The van der Waals surface area contributed by atoms with Gasteiger partial charge in [0.25, 0.3) is 5.91 Å². The van der Waals surface area contributed by atoms with Crippen molar-refractivity contribution in [2.24, 2.45) is 0 Å². The average molecular weight is 397 g/mol. The van der Waals surface area contributed by atoms with Crippen molar-refractivity contribution >= 4 is 23.7 Å². The standard InChI is InChI=1S/C21H23N3O5/c1-23-17(12-13-18(25)26)19(20(27)24(23)16-10-6-3-7-11-16)22-21(28)29-14-15-8-4-2-5-9-15/h2-11,17,19H,12-14H2,1H3,(H,22,28)(H,25,26). The van der Waals surface area contributed by atoms with Crippen molar-refractivity contribution in [1.82, 2.24) is 10.3 Å². The summed E-state index contributed by atoms with van der Waals surface area (Å²) in [5.74, 6) is -1.31. The van der Waals surface area contributed by atoms with E-state index in [0.29, 0.717) is 5.69 Å². The Morgan fingerprint density at radius 3 is 2.31 bits per heavy atom. The molecule has 2 aromatic rings. The highest BCUT2D eigenvalue weighted by Crippen LogP contribution is 2.28. The van der Waals surface area contributed by atoms with E-state index in [-0.39, 0.29) is 25.4 Å². The summed E-state index contributed by atoms with van der Waals surface area (Å²) in [4.78, 5) is 36.4. The van der Waals surface area contributed by atoms with Gasteiger partial charge in [-0.1, -0.05) is 48.5 Å². The minimum atomic E-state index is -0.964. The van der Waals surface area contributed by atoms with Gasteiger partial charge < -0.3 is 15.2 Å². The molecule has 3 rings (SSSR count). The second-order valence-corrected chi connectivity index (χ2v) is 6.74. The highest BCUT2D eigenvalue weighted by atomic mass is 16.5. The fourth-order valence-electron chi connectivity index (χ4n) is 3.37. The number of anilines is 1. The van der Waals surface area contributed by atoms with Crippen molar-refractivity contribution in [1.29, 1.82) is 0 Å². The smallest absolute Gasteiger partial charge is 0.408 e. The Morgan fingerprint density at radius 2 is 1.69 bits per heavy atom. The van der Waals surface area contributed by atoms with E-state index in [2.05, 4.69) is 5.32 Å². The Hall–Kier alpha value is -3.39. The van der Waals surface area contributed by atoms with Crippen LogP contribution in [0.3, 0.4) is 0 Å². The van der Waals surface area contributed by atoms with Crippen molar-refractivity contribution < 1.29 is 24.2 Å². The van der Waals surface area contributed by atoms with Crippen molar-refractivity contribution in [3.63, 3.8) is 0 Å². The number of para-hydroxylation sites is 1. The van der Waals surface area contributed by atoms with Gasteiger partial charge in [-0.15, -0.1) is 0 Å². The second-order valence-electron chi connectivity index (χ2n) is 6.74. The number of nitrogens with one attached hydrogen (secondary N) is 1. The summed E-state index contributed by atoms with van der Waals surface area (Å²) in [5.41, 5.74) is 1.47. The predicted molar refractivity (Wildman–Crippen MR) is 106 cm³/mol. The molecule has 0 aromatic heterocycles. The summed E-state index contributed by atoms with van der Waals surface area (Å²) in [6, 6.07) is 16.8. The van der Waals surface area contributed by atoms with Gasteiger partial charge in [-0.2, -0.15) is 0 Å². The zero-order chi connectivity index (χ0) is 20.8. The van der Waals surface area contributed by atoms with Gasteiger partial charge in [0.1, 0.15) is 12.6 Å². The fourth-order valence-corrected chi connectivity index (χ4v) is 3.37. The molecule has 152 valence electrons. The number of amides is 2. The van der Waals surface area contributed by atoms with Gasteiger partial charge in [0, 0.05) is 13.5 Å². The lowest BCUT2D eigenvalue weighted by molar-refractivity contribution is -0.137. The molecule has 0 saturated carbocycles. The Bertz CT molecular complexity index is 859. The number of carboxylic acid groups (broad SMARTS) is 1. The molecule has 0 bridgehead atoms. The van der Waals surface area contributed by atoms with Gasteiger partial charge in [0.2, 0.25) is 0 Å². The van der Waals surface area contributed by atoms with Gasteiger partial charge in [-0.25, -0.2) is 14.8 Å². The van der Waals surface area contributed by atoms with Crippen LogP contribution >= 0.6 is 0 Å². The maximum Gasteiger partial charge on any atom is 0.408 e. The minimum Gasteiger partial charge on any atom is -0.481 e. The maximum atomic E-state index is 13.0. The molecule has 1 aliphatic rings. The number of rotatable bonds is 7. The SMILES string of the molecule is CN1C(CCC(=O)O)C(NC(=O)OCc2ccccc2)C(=O)N1c1ccccc1. The number of likely N-dealkylation sites (N-methyl/N-ethyl adjacent to an activating group) is 1. The number of hydrazine groups is 1. The summed E-state index contributed by atoms with van der Waals surface area (Å²) in [7, 11) is 1.70. The Kier molecular flexibility index (Phi) is 6.46. The van der Waals surface area contributed by atoms with E-state index in [9.17, 15) is 14.4 Å². The van der Waals surface area contributed by atoms with Crippen molar-refractivity contribution in [2.45, 2.75) is 31.5 Å². The number of benzene rings is 2. The third kappa shape index (κ3) is 4.91. The maximum absolute atomic E-state index is 13.0. The summed E-state index contributed by atoms with van der Waals surface area (Å²) in [6.07, 6.45) is -0.650. The topological polar surface area (TPSA) is 99.2 Å². The molecule has 8 heteroatoms. The van der Waals surface area contributed by atoms with Crippen LogP contribution in [0.25, 0.3) is 0 Å². The van der Waals surface area contributed by atoms with Gasteiger partial charge >= 0.3 is 12.1 Å². The van der Waals surface area contributed by atoms with Crippen LogP contribution in [0.5, 0.6) is 0 Å². The van der Waals surface area contributed by atoms with Crippen LogP contribution in [0.1, 0.15) is 18.4 Å². The lowest BCUT2D eigenvalue weighted by Crippen LogP contribution is -2.47.